The van der Waals surface area contributed by atoms with Crippen molar-refractivity contribution in [1.82, 2.24) is 0 Å². The van der Waals surface area contributed by atoms with E-state index in [2.05, 4.69) is 258 Å². The van der Waals surface area contributed by atoms with Crippen LogP contribution in [-0.2, 0) is 0 Å². The van der Waals surface area contributed by atoms with Gasteiger partial charge in [0.25, 0.3) is 0 Å². The lowest BCUT2D eigenvalue weighted by Gasteiger charge is -2.33. The first kappa shape index (κ1) is 37.9. The van der Waals surface area contributed by atoms with Crippen molar-refractivity contribution in [2.24, 2.45) is 0 Å². The Hall–Kier alpha value is -7.04. The smallest absolute Gasteiger partial charge is 0.0559 e. The van der Waals surface area contributed by atoms with Gasteiger partial charge in [-0.25, -0.2) is 0 Å². The molecular formula is C54H50N4. The summed E-state index contributed by atoms with van der Waals surface area (Å²) in [5, 5.41) is 0. The summed E-state index contributed by atoms with van der Waals surface area (Å²) in [5.41, 5.74) is 12.3. The highest BCUT2D eigenvalue weighted by atomic mass is 15.2. The normalized spacial score (nSPS) is 15.0. The topological polar surface area (TPSA) is 13.0 Å². The summed E-state index contributed by atoms with van der Waals surface area (Å²) in [6.45, 7) is 4.18. The zero-order chi connectivity index (χ0) is 39.5. The number of benzene rings is 6. The number of anilines is 9. The molecule has 0 amide bonds. The molecule has 0 heterocycles. The standard InChI is InChI=1S/C54H50N4/c1-3-20-43(4-2)55(44-21-10-5-11-22-44)49-31-33-52(34-32-49)58(53-39-35-50(36-40-53)56(45-23-12-6-13-24-45)46-25-14-7-15-26-46)54-41-37-51(38-42-54)57(47-27-16-8-17-28-47)48-29-18-9-19-30-48/h3-4,6-10,12-29,31-42,48H,5,11,30H2,1-2H3/b20-3-,43-4+. The Balaban J connectivity index is 1.20. The van der Waals surface area contributed by atoms with Crippen LogP contribution in [0.15, 0.2) is 236 Å². The Bertz CT molecular complexity index is 2380. The minimum absolute atomic E-state index is 0.230. The molecule has 1 atom stereocenters. The second kappa shape index (κ2) is 18.3. The molecule has 6 aromatic carbocycles. The van der Waals surface area contributed by atoms with Crippen molar-refractivity contribution in [3.63, 3.8) is 0 Å². The van der Waals surface area contributed by atoms with Crippen LogP contribution in [0.1, 0.15) is 33.1 Å². The van der Waals surface area contributed by atoms with Crippen LogP contribution in [0.3, 0.4) is 0 Å². The third-order valence-corrected chi connectivity index (χ3v) is 10.6. The van der Waals surface area contributed by atoms with Gasteiger partial charge in [-0.1, -0.05) is 103 Å². The van der Waals surface area contributed by atoms with Gasteiger partial charge in [-0.3, -0.25) is 0 Å². The fraction of sp³-hybridized carbons (Fsp3) is 0.111. The summed E-state index contributed by atoms with van der Waals surface area (Å²) in [7, 11) is 0. The summed E-state index contributed by atoms with van der Waals surface area (Å²) >= 11 is 0. The zero-order valence-corrected chi connectivity index (χ0v) is 33.3. The van der Waals surface area contributed by atoms with Crippen LogP contribution in [0.4, 0.5) is 51.2 Å². The van der Waals surface area contributed by atoms with E-state index in [9.17, 15) is 0 Å². The summed E-state index contributed by atoms with van der Waals surface area (Å²) in [4.78, 5) is 9.45. The average molecular weight is 755 g/mol. The van der Waals surface area contributed by atoms with Crippen molar-refractivity contribution in [3.8, 4) is 0 Å². The number of hydrogen-bond acceptors (Lipinski definition) is 4. The van der Waals surface area contributed by atoms with E-state index < -0.39 is 0 Å². The monoisotopic (exact) mass is 754 g/mol. The summed E-state index contributed by atoms with van der Waals surface area (Å²) in [6, 6.07) is 59.0. The maximum absolute atomic E-state index is 2.44. The second-order valence-electron chi connectivity index (χ2n) is 14.4. The molecule has 0 bridgehead atoms. The van der Waals surface area contributed by atoms with Gasteiger partial charge in [-0.2, -0.15) is 0 Å². The van der Waals surface area contributed by atoms with E-state index in [1.54, 1.807) is 0 Å². The minimum atomic E-state index is 0.230. The molecule has 0 spiro atoms. The van der Waals surface area contributed by atoms with Gasteiger partial charge in [0, 0.05) is 62.6 Å². The Morgan fingerprint density at radius 2 is 0.931 bits per heavy atom. The predicted molar refractivity (Wildman–Crippen MR) is 249 cm³/mol. The number of nitrogens with zero attached hydrogens (tertiary/aromatic N) is 4. The second-order valence-corrected chi connectivity index (χ2v) is 14.4. The molecule has 0 saturated carbocycles. The molecule has 0 saturated heterocycles. The first-order valence-electron chi connectivity index (χ1n) is 20.4. The first-order valence-corrected chi connectivity index (χ1v) is 20.4. The molecule has 58 heavy (non-hydrogen) atoms. The molecule has 0 aromatic heterocycles. The van der Waals surface area contributed by atoms with Gasteiger partial charge < -0.3 is 19.6 Å². The molecule has 2 aliphatic rings. The van der Waals surface area contributed by atoms with E-state index in [1.807, 2.05) is 0 Å². The predicted octanol–water partition coefficient (Wildman–Crippen LogP) is 15.2. The molecule has 0 aliphatic heterocycles. The van der Waals surface area contributed by atoms with Crippen LogP contribution >= 0.6 is 0 Å². The van der Waals surface area contributed by atoms with Crippen molar-refractivity contribution in [3.05, 3.63) is 236 Å². The minimum Gasteiger partial charge on any atom is -0.334 e. The van der Waals surface area contributed by atoms with Gasteiger partial charge in [-0.15, -0.1) is 0 Å². The Morgan fingerprint density at radius 3 is 1.36 bits per heavy atom. The van der Waals surface area contributed by atoms with Gasteiger partial charge in [0.1, 0.15) is 0 Å². The Morgan fingerprint density at radius 1 is 0.483 bits per heavy atom. The lowest BCUT2D eigenvalue weighted by atomic mass is 10.0. The molecule has 4 nitrogen and oxygen atoms in total. The van der Waals surface area contributed by atoms with Crippen LogP contribution in [0.25, 0.3) is 0 Å². The van der Waals surface area contributed by atoms with Crippen molar-refractivity contribution in [2.75, 3.05) is 19.6 Å². The summed E-state index contributed by atoms with van der Waals surface area (Å²) in [5.74, 6) is 0. The molecule has 2 aliphatic carbocycles. The molecule has 1 unspecified atom stereocenters. The lowest BCUT2D eigenvalue weighted by molar-refractivity contribution is 0.785. The van der Waals surface area contributed by atoms with Crippen molar-refractivity contribution in [1.29, 1.82) is 0 Å². The molecule has 286 valence electrons. The van der Waals surface area contributed by atoms with Crippen molar-refractivity contribution >= 4 is 51.2 Å². The number of para-hydroxylation sites is 3. The van der Waals surface area contributed by atoms with Crippen LogP contribution in [0.5, 0.6) is 0 Å². The number of allylic oxidation sites excluding steroid dienone is 8. The van der Waals surface area contributed by atoms with Crippen molar-refractivity contribution < 1.29 is 0 Å². The van der Waals surface area contributed by atoms with Crippen LogP contribution < -0.4 is 19.6 Å². The molecular weight excluding hydrogens is 705 g/mol. The fourth-order valence-corrected chi connectivity index (χ4v) is 7.88. The van der Waals surface area contributed by atoms with E-state index in [0.717, 1.165) is 70.5 Å². The zero-order valence-electron chi connectivity index (χ0n) is 33.3. The van der Waals surface area contributed by atoms with Crippen LogP contribution in [-0.4, -0.2) is 6.04 Å². The molecule has 0 fully saturated rings. The van der Waals surface area contributed by atoms with E-state index in [4.69, 9.17) is 0 Å². The number of rotatable bonds is 13. The molecule has 0 radical (unpaired) electrons. The summed E-state index contributed by atoms with van der Waals surface area (Å²) < 4.78 is 0. The third-order valence-electron chi connectivity index (χ3n) is 10.6. The molecule has 4 heteroatoms. The highest BCUT2D eigenvalue weighted by molar-refractivity contribution is 5.83. The first-order chi connectivity index (χ1) is 28.7. The van der Waals surface area contributed by atoms with Crippen LogP contribution in [0, 0.1) is 0 Å². The number of hydrogen-bond donors (Lipinski definition) is 0. The molecule has 8 rings (SSSR count). The fourth-order valence-electron chi connectivity index (χ4n) is 7.88. The molecule has 6 aromatic rings. The van der Waals surface area contributed by atoms with Gasteiger partial charge in [-0.05, 0) is 154 Å². The van der Waals surface area contributed by atoms with Gasteiger partial charge in [0.2, 0.25) is 0 Å². The molecule has 0 N–H and O–H groups in total. The van der Waals surface area contributed by atoms with Crippen LogP contribution in [0.2, 0.25) is 0 Å². The lowest BCUT2D eigenvalue weighted by Crippen LogP contribution is -2.29. The van der Waals surface area contributed by atoms with E-state index >= 15 is 0 Å². The van der Waals surface area contributed by atoms with E-state index in [0.29, 0.717) is 0 Å². The maximum Gasteiger partial charge on any atom is 0.0559 e. The Kier molecular flexibility index (Phi) is 11.9. The largest absolute Gasteiger partial charge is 0.334 e. The van der Waals surface area contributed by atoms with Crippen molar-refractivity contribution in [2.45, 2.75) is 39.2 Å². The summed E-state index contributed by atoms with van der Waals surface area (Å²) in [6.07, 6.45) is 25.2. The quantitative estimate of drug-likeness (QED) is 0.109. The maximum atomic E-state index is 2.44. The highest BCUT2D eigenvalue weighted by Gasteiger charge is 2.22. The highest BCUT2D eigenvalue weighted by Crippen LogP contribution is 2.41. The van der Waals surface area contributed by atoms with Gasteiger partial charge in [0.05, 0.1) is 6.04 Å². The van der Waals surface area contributed by atoms with Gasteiger partial charge >= 0.3 is 0 Å². The van der Waals surface area contributed by atoms with E-state index in [-0.39, 0.29) is 6.04 Å². The van der Waals surface area contributed by atoms with E-state index in [1.165, 1.54) is 11.4 Å². The average Bonchev–Trinajstić information content (AvgIpc) is 3.30. The third kappa shape index (κ3) is 8.37. The SMILES string of the molecule is C/C=C\C(=C/C)N(C1=CCCC=C1)c1ccc(N(c2ccc(N(c3ccccc3)c3ccccc3)cc2)c2ccc(N(c3ccccc3)C3C=CC=CC3)cc2)cc1. The Labute approximate surface area is 344 Å². The van der Waals surface area contributed by atoms with Gasteiger partial charge in [0.15, 0.2) is 0 Å².